The molecule has 0 N–H and O–H groups in total. The molecule has 0 fully saturated rings. The maximum atomic E-state index is 4.76. The van der Waals surface area contributed by atoms with Crippen LogP contribution in [0.1, 0.15) is 52.6 Å². The predicted octanol–water partition coefficient (Wildman–Crippen LogP) is 7.79. The molecule has 0 amide bonds. The van der Waals surface area contributed by atoms with Gasteiger partial charge in [-0.3, -0.25) is 15.0 Å². The van der Waals surface area contributed by atoms with E-state index in [2.05, 4.69) is 20.8 Å². The summed E-state index contributed by atoms with van der Waals surface area (Å²) < 4.78 is 3.81. The van der Waals surface area contributed by atoms with Gasteiger partial charge in [-0.15, -0.1) is 0 Å². The molecule has 0 saturated carbocycles. The van der Waals surface area contributed by atoms with Crippen molar-refractivity contribution in [2.45, 2.75) is 57.3 Å². The van der Waals surface area contributed by atoms with Crippen LogP contribution in [0.5, 0.6) is 0 Å². The summed E-state index contributed by atoms with van der Waals surface area (Å²) in [5.41, 5.74) is 8.98. The van der Waals surface area contributed by atoms with E-state index in [1.165, 1.54) is 83.0 Å². The van der Waals surface area contributed by atoms with Crippen molar-refractivity contribution in [2.75, 3.05) is 36.9 Å². The van der Waals surface area contributed by atoms with Gasteiger partial charge in [-0.1, -0.05) is 70.6 Å². The van der Waals surface area contributed by atoms with E-state index >= 15 is 0 Å². The summed E-state index contributed by atoms with van der Waals surface area (Å²) in [6.45, 7) is 10.00. The highest BCUT2D eigenvalue weighted by atomic mass is 32.2. The summed E-state index contributed by atoms with van der Waals surface area (Å²) in [6, 6.07) is 0. The van der Waals surface area contributed by atoms with Crippen LogP contribution in [-0.4, -0.2) is 50.0 Å². The molecule has 3 nitrogen and oxygen atoms in total. The Kier molecular flexibility index (Phi) is 10.9. The zero-order chi connectivity index (χ0) is 23.0. The zero-order valence-electron chi connectivity index (χ0n) is 19.8. The zero-order valence-corrected chi connectivity index (χ0v) is 24.7. The quantitative estimate of drug-likeness (QED) is 0.357. The van der Waals surface area contributed by atoms with E-state index in [0.29, 0.717) is 0 Å². The Morgan fingerprint density at radius 2 is 0.848 bits per heavy atom. The summed E-state index contributed by atoms with van der Waals surface area (Å²) in [5, 5.41) is 0. The smallest absolute Gasteiger partial charge is 0.124 e. The fourth-order valence-corrected chi connectivity index (χ4v) is 10.8. The molecule has 0 unspecified atom stereocenters. The lowest BCUT2D eigenvalue weighted by molar-refractivity contribution is 0.942. The van der Waals surface area contributed by atoms with Gasteiger partial charge < -0.3 is 0 Å². The average Bonchev–Trinajstić information content (AvgIpc) is 2.86. The molecule has 0 bridgehead atoms. The van der Waals surface area contributed by atoms with Gasteiger partial charge in [0.15, 0.2) is 0 Å². The van der Waals surface area contributed by atoms with Crippen LogP contribution in [0.25, 0.3) is 0 Å². The van der Waals surface area contributed by atoms with Crippen LogP contribution >= 0.6 is 70.6 Å². The van der Waals surface area contributed by atoms with Gasteiger partial charge in [-0.05, 0) is 73.4 Å². The Morgan fingerprint density at radius 1 is 0.545 bits per heavy atom. The Bertz CT molecular complexity index is 801. The van der Waals surface area contributed by atoms with E-state index in [-0.39, 0.29) is 0 Å². The Morgan fingerprint density at radius 3 is 1.09 bits per heavy atom. The molecule has 9 heteroatoms. The van der Waals surface area contributed by atoms with Crippen LogP contribution in [0.3, 0.4) is 0 Å². The third kappa shape index (κ3) is 7.42. The van der Waals surface area contributed by atoms with Gasteiger partial charge in [0, 0.05) is 54.2 Å². The minimum Gasteiger partial charge on any atom is -0.272 e. The van der Waals surface area contributed by atoms with Crippen molar-refractivity contribution in [1.29, 1.82) is 0 Å². The Balaban J connectivity index is 1.58. The second-order valence-electron chi connectivity index (χ2n) is 8.23. The molecule has 1 aromatic rings. The molecule has 180 valence electrons. The maximum Gasteiger partial charge on any atom is 0.124 e. The lowest BCUT2D eigenvalue weighted by atomic mass is 9.90. The lowest BCUT2D eigenvalue weighted by Crippen LogP contribution is -2.09. The normalized spacial score (nSPS) is 19.2. The average molecular weight is 556 g/mol. The molecule has 0 atom stereocenters. The van der Waals surface area contributed by atoms with Gasteiger partial charge in [0.1, 0.15) is 13.1 Å². The monoisotopic (exact) mass is 555 g/mol. The molecule has 0 spiro atoms. The molecule has 3 heterocycles. The van der Waals surface area contributed by atoms with E-state index < -0.39 is 0 Å². The van der Waals surface area contributed by atoms with Gasteiger partial charge in [0.2, 0.25) is 0 Å². The molecule has 0 radical (unpaired) electrons. The second kappa shape index (κ2) is 13.6. The second-order valence-corrected chi connectivity index (χ2v) is 15.1. The maximum absolute atomic E-state index is 4.76. The SMILES string of the molecule is Cc1c(CSC2=NCCCS2)c(C)c(CSC2=NCCCS2)c(C)c1CSC1=NCCCS1. The summed E-state index contributed by atoms with van der Waals surface area (Å²) in [5.74, 6) is 6.68. The summed E-state index contributed by atoms with van der Waals surface area (Å²) in [7, 11) is 0. The molecule has 33 heavy (non-hydrogen) atoms. The van der Waals surface area contributed by atoms with Crippen molar-refractivity contribution in [3.05, 3.63) is 33.4 Å². The minimum absolute atomic E-state index is 0.991. The number of hydrogen-bond donors (Lipinski definition) is 0. The van der Waals surface area contributed by atoms with Crippen molar-refractivity contribution in [3.8, 4) is 0 Å². The van der Waals surface area contributed by atoms with E-state index in [4.69, 9.17) is 15.0 Å². The molecule has 0 aromatic heterocycles. The van der Waals surface area contributed by atoms with Gasteiger partial charge >= 0.3 is 0 Å². The van der Waals surface area contributed by atoms with Crippen LogP contribution in [0.4, 0.5) is 0 Å². The first-order chi connectivity index (χ1) is 16.1. The fourth-order valence-electron chi connectivity index (χ4n) is 4.02. The molecule has 1 aromatic carbocycles. The number of rotatable bonds is 6. The fraction of sp³-hybridized carbons (Fsp3) is 0.625. The number of benzene rings is 1. The van der Waals surface area contributed by atoms with E-state index in [0.717, 1.165) is 36.9 Å². The van der Waals surface area contributed by atoms with E-state index in [1.54, 1.807) is 0 Å². The molecular weight excluding hydrogens is 523 g/mol. The van der Waals surface area contributed by atoms with Crippen molar-refractivity contribution in [3.63, 3.8) is 0 Å². The minimum atomic E-state index is 0.991. The van der Waals surface area contributed by atoms with Gasteiger partial charge in [-0.25, -0.2) is 0 Å². The lowest BCUT2D eigenvalue weighted by Gasteiger charge is -2.23. The largest absolute Gasteiger partial charge is 0.272 e. The number of thioether (sulfide) groups is 6. The third-order valence-corrected chi connectivity index (χ3v) is 13.2. The van der Waals surface area contributed by atoms with Crippen molar-refractivity contribution in [2.24, 2.45) is 15.0 Å². The van der Waals surface area contributed by atoms with E-state index in [9.17, 15) is 0 Å². The summed E-state index contributed by atoms with van der Waals surface area (Å²) >= 11 is 11.6. The van der Waals surface area contributed by atoms with Gasteiger partial charge in [0.25, 0.3) is 0 Å². The highest BCUT2D eigenvalue weighted by molar-refractivity contribution is 8.39. The van der Waals surface area contributed by atoms with Gasteiger partial charge in [0.05, 0.1) is 0 Å². The molecule has 4 rings (SSSR count). The summed E-state index contributed by atoms with van der Waals surface area (Å²) in [6.07, 6.45) is 3.64. The van der Waals surface area contributed by atoms with Gasteiger partial charge in [-0.2, -0.15) is 0 Å². The van der Waals surface area contributed by atoms with Crippen molar-refractivity contribution < 1.29 is 0 Å². The number of hydrogen-bond acceptors (Lipinski definition) is 9. The highest BCUT2D eigenvalue weighted by Gasteiger charge is 2.20. The molecule has 3 aliphatic heterocycles. The molecule has 0 saturated heterocycles. The first-order valence-corrected chi connectivity index (χ1v) is 17.6. The highest BCUT2D eigenvalue weighted by Crippen LogP contribution is 2.37. The number of aliphatic imine (C=N–C) groups is 3. The summed E-state index contributed by atoms with van der Waals surface area (Å²) in [4.78, 5) is 14.3. The Labute approximate surface area is 224 Å². The standard InChI is InChI=1S/C24H33N3S6/c1-16-19(13-31-22-25-7-4-10-28-22)17(2)21(15-33-24-27-9-6-12-30-24)18(3)20(16)14-32-23-26-8-5-11-29-23/h4-15H2,1-3H3. The van der Waals surface area contributed by atoms with Crippen LogP contribution < -0.4 is 0 Å². The van der Waals surface area contributed by atoms with Crippen LogP contribution in [-0.2, 0) is 17.3 Å². The Hall–Kier alpha value is 0.330. The van der Waals surface area contributed by atoms with Crippen molar-refractivity contribution >= 4 is 83.7 Å². The van der Waals surface area contributed by atoms with Crippen LogP contribution in [0.2, 0.25) is 0 Å². The topological polar surface area (TPSA) is 37.1 Å². The van der Waals surface area contributed by atoms with Crippen LogP contribution in [0.15, 0.2) is 15.0 Å². The third-order valence-electron chi connectivity index (χ3n) is 6.04. The molecule has 3 aliphatic rings. The number of nitrogens with zero attached hydrogens (tertiary/aromatic N) is 3. The first-order valence-electron chi connectivity index (χ1n) is 11.6. The first kappa shape index (κ1) is 26.4. The predicted molar refractivity (Wildman–Crippen MR) is 163 cm³/mol. The van der Waals surface area contributed by atoms with E-state index in [1.807, 2.05) is 70.6 Å². The molecular formula is C24H33N3S6. The molecule has 0 aliphatic carbocycles. The van der Waals surface area contributed by atoms with Crippen LogP contribution in [0, 0.1) is 20.8 Å². The van der Waals surface area contributed by atoms with Crippen molar-refractivity contribution in [1.82, 2.24) is 0 Å².